The molecule has 1 amide bonds. The second kappa shape index (κ2) is 8.77. The fraction of sp³-hybridized carbons (Fsp3) is 0.474. The third-order valence-electron chi connectivity index (χ3n) is 3.81. The molecule has 8 heteroatoms. The van der Waals surface area contributed by atoms with Crippen LogP contribution in [0.2, 0.25) is 0 Å². The first-order valence-electron chi connectivity index (χ1n) is 8.81. The molecule has 0 bridgehead atoms. The highest BCUT2D eigenvalue weighted by Gasteiger charge is 2.21. The maximum atomic E-state index is 11.3. The van der Waals surface area contributed by atoms with Crippen LogP contribution >= 0.6 is 0 Å². The minimum atomic E-state index is -0.628. The molecule has 0 aliphatic carbocycles. The topological polar surface area (TPSA) is 112 Å². The van der Waals surface area contributed by atoms with Gasteiger partial charge in [-0.15, -0.1) is 0 Å². The Morgan fingerprint density at radius 1 is 1.37 bits per heavy atom. The molecule has 0 fully saturated rings. The van der Waals surface area contributed by atoms with E-state index in [1.54, 1.807) is 12.3 Å². The molecular formula is C19H27N5O3. The molecule has 2 aromatic heterocycles. The molecule has 3 N–H and O–H groups in total. The highest BCUT2D eigenvalue weighted by atomic mass is 16.6. The molecule has 0 unspecified atom stereocenters. The van der Waals surface area contributed by atoms with Crippen LogP contribution in [-0.4, -0.2) is 40.2 Å². The van der Waals surface area contributed by atoms with E-state index >= 15 is 0 Å². The Morgan fingerprint density at radius 3 is 2.74 bits per heavy atom. The highest BCUT2D eigenvalue weighted by Crippen LogP contribution is 2.25. The van der Waals surface area contributed by atoms with Gasteiger partial charge in [0.05, 0.1) is 5.69 Å². The number of aromatic nitrogens is 3. The zero-order chi connectivity index (χ0) is 20.0. The minimum absolute atomic E-state index is 0.0286. The van der Waals surface area contributed by atoms with Crippen LogP contribution in [0.1, 0.15) is 32.8 Å². The number of carbonyl (C=O) groups is 1. The maximum Gasteiger partial charge on any atom is 0.414 e. The van der Waals surface area contributed by atoms with E-state index in [-0.39, 0.29) is 6.01 Å². The quantitative estimate of drug-likeness (QED) is 0.767. The summed E-state index contributed by atoms with van der Waals surface area (Å²) in [4.78, 5) is 23.8. The number of hydrogen-bond acceptors (Lipinski definition) is 7. The van der Waals surface area contributed by atoms with Gasteiger partial charge in [0.2, 0.25) is 5.88 Å². The van der Waals surface area contributed by atoms with E-state index in [0.29, 0.717) is 24.1 Å². The molecule has 0 aliphatic heterocycles. The van der Waals surface area contributed by atoms with E-state index in [2.05, 4.69) is 34.1 Å². The standard InChI is InChI=1S/C19H27N5O3/c1-12(2)9-19(4,20)11-26-16-8-13(3)14(10-23-16)15-6-7-22-17(24-15)27-18(25)21-5/h6-8,10,12H,9,11,20H2,1-5H3,(H,21,25)/t19-/m0/s1. The van der Waals surface area contributed by atoms with Gasteiger partial charge < -0.3 is 20.5 Å². The first kappa shape index (κ1) is 20.6. The second-order valence-electron chi connectivity index (χ2n) is 7.24. The van der Waals surface area contributed by atoms with Crippen LogP contribution in [0.3, 0.4) is 0 Å². The SMILES string of the molecule is CNC(=O)Oc1nccc(-c2cnc(OC[C@@](C)(N)CC(C)C)cc2C)n1. The highest BCUT2D eigenvalue weighted by molar-refractivity contribution is 5.69. The van der Waals surface area contributed by atoms with Crippen molar-refractivity contribution in [1.82, 2.24) is 20.3 Å². The molecule has 146 valence electrons. The van der Waals surface area contributed by atoms with Crippen molar-refractivity contribution in [2.24, 2.45) is 11.7 Å². The average Bonchev–Trinajstić information content (AvgIpc) is 2.59. The number of pyridine rings is 1. The van der Waals surface area contributed by atoms with E-state index in [1.807, 2.05) is 19.9 Å². The van der Waals surface area contributed by atoms with Crippen molar-refractivity contribution < 1.29 is 14.3 Å². The summed E-state index contributed by atoms with van der Waals surface area (Å²) >= 11 is 0. The van der Waals surface area contributed by atoms with Crippen LogP contribution in [-0.2, 0) is 0 Å². The molecule has 0 spiro atoms. The van der Waals surface area contributed by atoms with Crippen LogP contribution in [0.15, 0.2) is 24.5 Å². The van der Waals surface area contributed by atoms with Crippen molar-refractivity contribution in [3.05, 3.63) is 30.1 Å². The lowest BCUT2D eigenvalue weighted by Gasteiger charge is -2.26. The Labute approximate surface area is 159 Å². The number of ether oxygens (including phenoxy) is 2. The van der Waals surface area contributed by atoms with Crippen molar-refractivity contribution in [3.8, 4) is 23.1 Å². The third kappa shape index (κ3) is 6.18. The van der Waals surface area contributed by atoms with Crippen molar-refractivity contribution in [3.63, 3.8) is 0 Å². The number of nitrogens with zero attached hydrogens (tertiary/aromatic N) is 3. The van der Waals surface area contributed by atoms with Gasteiger partial charge in [-0.3, -0.25) is 0 Å². The number of nitrogens with one attached hydrogen (secondary N) is 1. The molecule has 1 atom stereocenters. The molecule has 8 nitrogen and oxygen atoms in total. The Kier molecular flexibility index (Phi) is 6.68. The lowest BCUT2D eigenvalue weighted by Crippen LogP contribution is -2.43. The number of rotatable bonds is 7. The van der Waals surface area contributed by atoms with E-state index in [1.165, 1.54) is 13.2 Å². The van der Waals surface area contributed by atoms with E-state index in [0.717, 1.165) is 17.5 Å². The molecule has 27 heavy (non-hydrogen) atoms. The molecule has 2 heterocycles. The van der Waals surface area contributed by atoms with E-state index in [4.69, 9.17) is 15.2 Å². The van der Waals surface area contributed by atoms with Gasteiger partial charge in [-0.05, 0) is 37.8 Å². The second-order valence-corrected chi connectivity index (χ2v) is 7.24. The lowest BCUT2D eigenvalue weighted by molar-refractivity contribution is 0.199. The minimum Gasteiger partial charge on any atom is -0.476 e. The molecule has 0 saturated carbocycles. The summed E-state index contributed by atoms with van der Waals surface area (Å²) in [5.74, 6) is 0.997. The van der Waals surface area contributed by atoms with Crippen molar-refractivity contribution in [2.75, 3.05) is 13.7 Å². The summed E-state index contributed by atoms with van der Waals surface area (Å²) < 4.78 is 10.8. The Morgan fingerprint density at radius 2 is 2.11 bits per heavy atom. The fourth-order valence-electron chi connectivity index (χ4n) is 2.78. The van der Waals surface area contributed by atoms with Crippen LogP contribution in [0.4, 0.5) is 4.79 Å². The summed E-state index contributed by atoms with van der Waals surface area (Å²) in [6.45, 7) is 8.55. The summed E-state index contributed by atoms with van der Waals surface area (Å²) in [6, 6.07) is 3.53. The maximum absolute atomic E-state index is 11.3. The molecule has 0 saturated heterocycles. The van der Waals surface area contributed by atoms with Crippen LogP contribution in [0.25, 0.3) is 11.3 Å². The number of amides is 1. The molecule has 0 aliphatic rings. The Bertz CT molecular complexity index is 793. The Hall–Kier alpha value is -2.74. The zero-order valence-electron chi connectivity index (χ0n) is 16.4. The summed E-state index contributed by atoms with van der Waals surface area (Å²) in [5.41, 5.74) is 8.18. The first-order chi connectivity index (χ1) is 12.7. The van der Waals surface area contributed by atoms with Gasteiger partial charge >= 0.3 is 12.1 Å². The fourth-order valence-corrected chi connectivity index (χ4v) is 2.78. The molecule has 2 rings (SSSR count). The van der Waals surface area contributed by atoms with Crippen LogP contribution < -0.4 is 20.5 Å². The van der Waals surface area contributed by atoms with Crippen LogP contribution in [0.5, 0.6) is 11.9 Å². The summed E-state index contributed by atoms with van der Waals surface area (Å²) in [7, 11) is 1.46. The van der Waals surface area contributed by atoms with Gasteiger partial charge in [-0.2, -0.15) is 4.98 Å². The van der Waals surface area contributed by atoms with Crippen LogP contribution in [0, 0.1) is 12.8 Å². The van der Waals surface area contributed by atoms with Gasteiger partial charge in [0.1, 0.15) is 6.61 Å². The van der Waals surface area contributed by atoms with Gasteiger partial charge in [0, 0.05) is 36.6 Å². The largest absolute Gasteiger partial charge is 0.476 e. The first-order valence-corrected chi connectivity index (χ1v) is 8.81. The van der Waals surface area contributed by atoms with E-state index < -0.39 is 11.6 Å². The number of hydrogen-bond donors (Lipinski definition) is 2. The van der Waals surface area contributed by atoms with Gasteiger partial charge in [-0.25, -0.2) is 14.8 Å². The monoisotopic (exact) mass is 373 g/mol. The number of carbonyl (C=O) groups excluding carboxylic acids is 1. The molecule has 0 radical (unpaired) electrons. The molecular weight excluding hydrogens is 346 g/mol. The summed E-state index contributed by atoms with van der Waals surface area (Å²) in [5, 5.41) is 2.35. The van der Waals surface area contributed by atoms with Gasteiger partial charge in [-0.1, -0.05) is 13.8 Å². The smallest absolute Gasteiger partial charge is 0.414 e. The van der Waals surface area contributed by atoms with Crippen molar-refractivity contribution >= 4 is 6.09 Å². The van der Waals surface area contributed by atoms with E-state index in [9.17, 15) is 4.79 Å². The molecule has 0 aromatic carbocycles. The van der Waals surface area contributed by atoms with Gasteiger partial charge in [0.15, 0.2) is 0 Å². The zero-order valence-corrected chi connectivity index (χ0v) is 16.4. The normalized spacial score (nSPS) is 13.1. The number of aryl methyl sites for hydroxylation is 1. The Balaban J connectivity index is 2.13. The predicted molar refractivity (Wildman–Crippen MR) is 103 cm³/mol. The third-order valence-corrected chi connectivity index (χ3v) is 3.81. The molecule has 2 aromatic rings. The average molecular weight is 373 g/mol. The van der Waals surface area contributed by atoms with Gasteiger partial charge in [0.25, 0.3) is 0 Å². The van der Waals surface area contributed by atoms with Crippen molar-refractivity contribution in [2.45, 2.75) is 39.7 Å². The number of nitrogens with two attached hydrogens (primary N) is 1. The van der Waals surface area contributed by atoms with Crippen molar-refractivity contribution in [1.29, 1.82) is 0 Å². The summed E-state index contributed by atoms with van der Waals surface area (Å²) in [6.07, 6.45) is 3.43. The predicted octanol–water partition coefficient (Wildman–Crippen LogP) is 2.71. The lowest BCUT2D eigenvalue weighted by atomic mass is 9.93.